The Morgan fingerprint density at radius 3 is 2.65 bits per heavy atom. The molecule has 0 saturated carbocycles. The Bertz CT molecular complexity index is 1460. The van der Waals surface area contributed by atoms with Crippen molar-refractivity contribution in [2.45, 2.75) is 13.5 Å². The van der Waals surface area contributed by atoms with Gasteiger partial charge in [0.25, 0.3) is 0 Å². The minimum atomic E-state index is -0.322. The highest BCUT2D eigenvalue weighted by molar-refractivity contribution is 6.32. The smallest absolute Gasteiger partial charge is 0.247 e. The summed E-state index contributed by atoms with van der Waals surface area (Å²) in [5, 5.41) is 12.4. The minimum absolute atomic E-state index is 0. The molecule has 0 radical (unpaired) electrons. The molecule has 0 spiro atoms. The van der Waals surface area contributed by atoms with Gasteiger partial charge in [-0.3, -0.25) is 0 Å². The molecule has 2 aromatic heterocycles. The molecule has 0 aliphatic carbocycles. The predicted molar refractivity (Wildman–Crippen MR) is 130 cm³/mol. The molecule has 172 valence electrons. The fourth-order valence-electron chi connectivity index (χ4n) is 3.31. The highest BCUT2D eigenvalue weighted by Gasteiger charge is 2.12. The zero-order valence-electron chi connectivity index (χ0n) is 17.8. The molecule has 0 bridgehead atoms. The first-order valence-electron chi connectivity index (χ1n) is 10.0. The van der Waals surface area contributed by atoms with Crippen LogP contribution in [0.5, 0.6) is 5.75 Å². The summed E-state index contributed by atoms with van der Waals surface area (Å²) in [6.45, 7) is 1.81. The van der Waals surface area contributed by atoms with Crippen molar-refractivity contribution in [2.24, 2.45) is 0 Å². The Labute approximate surface area is 205 Å². The van der Waals surface area contributed by atoms with Crippen LogP contribution in [0.1, 0.15) is 11.5 Å². The van der Waals surface area contributed by atoms with E-state index in [2.05, 4.69) is 25.5 Å². The van der Waals surface area contributed by atoms with Gasteiger partial charge in [-0.15, -0.1) is 22.6 Å². The number of benzene rings is 3. The van der Waals surface area contributed by atoms with Crippen molar-refractivity contribution in [3.63, 3.8) is 0 Å². The number of ether oxygens (including phenoxy) is 1. The number of rotatable bonds is 6. The molecule has 1 N–H and O–H groups in total. The van der Waals surface area contributed by atoms with Gasteiger partial charge in [-0.2, -0.15) is 0 Å². The van der Waals surface area contributed by atoms with Crippen LogP contribution >= 0.6 is 24.0 Å². The van der Waals surface area contributed by atoms with Crippen molar-refractivity contribution in [3.05, 3.63) is 89.3 Å². The first kappa shape index (κ1) is 23.4. The van der Waals surface area contributed by atoms with Crippen LogP contribution in [0, 0.1) is 12.7 Å². The van der Waals surface area contributed by atoms with Gasteiger partial charge in [-0.25, -0.2) is 14.4 Å². The molecule has 0 amide bonds. The minimum Gasteiger partial charge on any atom is -0.487 e. The second kappa shape index (κ2) is 10.0. The number of nitrogens with zero attached hydrogens (tertiary/aromatic N) is 4. The lowest BCUT2D eigenvalue weighted by molar-refractivity contribution is 0.300. The van der Waals surface area contributed by atoms with Gasteiger partial charge in [-0.1, -0.05) is 29.8 Å². The Kier molecular flexibility index (Phi) is 6.90. The quantitative estimate of drug-likeness (QED) is 0.285. The Morgan fingerprint density at radius 2 is 1.88 bits per heavy atom. The summed E-state index contributed by atoms with van der Waals surface area (Å²) < 4.78 is 25.0. The summed E-state index contributed by atoms with van der Waals surface area (Å²) in [5.74, 6) is 1.63. The number of halogens is 3. The summed E-state index contributed by atoms with van der Waals surface area (Å²) in [4.78, 5) is 8.70. The lowest BCUT2D eigenvalue weighted by Crippen LogP contribution is -2.00. The van der Waals surface area contributed by atoms with E-state index < -0.39 is 0 Å². The van der Waals surface area contributed by atoms with Crippen molar-refractivity contribution in [3.8, 4) is 17.2 Å². The maximum atomic E-state index is 13.8. The van der Waals surface area contributed by atoms with E-state index in [0.717, 1.165) is 16.5 Å². The second-order valence-electron chi connectivity index (χ2n) is 7.23. The standard InChI is InChI=1S/C24H17ClFN5O2.ClH/c1-14-30-31-24(33-14)15-6-8-21-18(10-15)23(28-13-27-21)29-17-7-9-22(19(25)11-17)32-12-16-4-2-3-5-20(16)26;/h2-11,13H,12H2,1H3,(H,27,28,29);1H. The molecule has 0 atom stereocenters. The number of aromatic nitrogens is 4. The zero-order valence-corrected chi connectivity index (χ0v) is 19.4. The van der Waals surface area contributed by atoms with Gasteiger partial charge in [0, 0.05) is 29.1 Å². The van der Waals surface area contributed by atoms with Crippen molar-refractivity contribution in [1.82, 2.24) is 20.2 Å². The number of anilines is 2. The zero-order chi connectivity index (χ0) is 22.8. The highest BCUT2D eigenvalue weighted by atomic mass is 35.5. The monoisotopic (exact) mass is 497 g/mol. The lowest BCUT2D eigenvalue weighted by atomic mass is 10.1. The molecule has 0 aliphatic rings. The van der Waals surface area contributed by atoms with E-state index in [1.807, 2.05) is 24.3 Å². The summed E-state index contributed by atoms with van der Waals surface area (Å²) >= 11 is 6.41. The maximum absolute atomic E-state index is 13.8. The third kappa shape index (κ3) is 4.93. The number of nitrogens with one attached hydrogen (secondary N) is 1. The fourth-order valence-corrected chi connectivity index (χ4v) is 3.54. The SMILES string of the molecule is Cc1nnc(-c2ccc3ncnc(Nc4ccc(OCc5ccccc5F)c(Cl)c4)c3c2)o1.Cl. The molecule has 10 heteroatoms. The van der Waals surface area contributed by atoms with Crippen LogP contribution in [0.25, 0.3) is 22.4 Å². The van der Waals surface area contributed by atoms with Crippen molar-refractivity contribution >= 4 is 46.4 Å². The number of hydrogen-bond acceptors (Lipinski definition) is 7. The van der Waals surface area contributed by atoms with Gasteiger partial charge in [0.1, 0.15) is 30.3 Å². The van der Waals surface area contributed by atoms with Crippen molar-refractivity contribution in [1.29, 1.82) is 0 Å². The van der Waals surface area contributed by atoms with E-state index in [9.17, 15) is 4.39 Å². The molecular weight excluding hydrogens is 480 g/mol. The topological polar surface area (TPSA) is 86.0 Å². The summed E-state index contributed by atoms with van der Waals surface area (Å²) in [6.07, 6.45) is 1.48. The molecule has 7 nitrogen and oxygen atoms in total. The third-order valence-corrected chi connectivity index (χ3v) is 5.24. The van der Waals surface area contributed by atoms with E-state index in [-0.39, 0.29) is 24.8 Å². The van der Waals surface area contributed by atoms with E-state index in [1.54, 1.807) is 37.3 Å². The van der Waals surface area contributed by atoms with Crippen LogP contribution in [0.3, 0.4) is 0 Å². The highest BCUT2D eigenvalue weighted by Crippen LogP contribution is 2.32. The molecule has 2 heterocycles. The predicted octanol–water partition coefficient (Wildman–Crippen LogP) is 6.53. The van der Waals surface area contributed by atoms with E-state index in [0.29, 0.717) is 39.6 Å². The van der Waals surface area contributed by atoms with Crippen LogP contribution in [0.15, 0.2) is 71.4 Å². The van der Waals surface area contributed by atoms with E-state index >= 15 is 0 Å². The molecule has 5 rings (SSSR count). The largest absolute Gasteiger partial charge is 0.487 e. The molecule has 0 aliphatic heterocycles. The molecule has 0 fully saturated rings. The maximum Gasteiger partial charge on any atom is 0.247 e. The third-order valence-electron chi connectivity index (χ3n) is 4.94. The van der Waals surface area contributed by atoms with Gasteiger partial charge in [-0.05, 0) is 42.5 Å². The van der Waals surface area contributed by atoms with Crippen molar-refractivity contribution in [2.75, 3.05) is 5.32 Å². The Hall–Kier alpha value is -3.75. The van der Waals surface area contributed by atoms with Crippen LogP contribution in [0.2, 0.25) is 5.02 Å². The van der Waals surface area contributed by atoms with Crippen LogP contribution in [-0.2, 0) is 6.61 Å². The number of aryl methyl sites for hydroxylation is 1. The van der Waals surface area contributed by atoms with Gasteiger partial charge in [0.15, 0.2) is 0 Å². The van der Waals surface area contributed by atoms with Crippen LogP contribution in [0.4, 0.5) is 15.9 Å². The van der Waals surface area contributed by atoms with Crippen molar-refractivity contribution < 1.29 is 13.5 Å². The first-order chi connectivity index (χ1) is 16.1. The van der Waals surface area contributed by atoms with Crippen LogP contribution in [-0.4, -0.2) is 20.2 Å². The Morgan fingerprint density at radius 1 is 1.03 bits per heavy atom. The number of hydrogen-bond donors (Lipinski definition) is 1. The van der Waals surface area contributed by atoms with Gasteiger partial charge in [0.05, 0.1) is 10.5 Å². The average molecular weight is 498 g/mol. The van der Waals surface area contributed by atoms with Crippen LogP contribution < -0.4 is 10.1 Å². The van der Waals surface area contributed by atoms with E-state index in [4.69, 9.17) is 20.8 Å². The Balaban J connectivity index is 0.00000274. The lowest BCUT2D eigenvalue weighted by Gasteiger charge is -2.12. The fraction of sp³-hybridized carbons (Fsp3) is 0.0833. The molecule has 3 aromatic carbocycles. The normalized spacial score (nSPS) is 10.7. The van der Waals surface area contributed by atoms with Gasteiger partial charge in [0.2, 0.25) is 11.8 Å². The molecule has 0 unspecified atom stereocenters. The van der Waals surface area contributed by atoms with Gasteiger partial charge >= 0.3 is 0 Å². The molecular formula is C24H18Cl2FN5O2. The molecule has 0 saturated heterocycles. The van der Waals surface area contributed by atoms with Gasteiger partial charge < -0.3 is 14.5 Å². The second-order valence-corrected chi connectivity index (χ2v) is 7.64. The summed E-state index contributed by atoms with van der Waals surface area (Å²) in [6, 6.07) is 17.3. The number of fused-ring (bicyclic) bond motifs is 1. The molecule has 5 aromatic rings. The molecule has 34 heavy (non-hydrogen) atoms. The van der Waals surface area contributed by atoms with E-state index in [1.165, 1.54) is 12.4 Å². The summed E-state index contributed by atoms with van der Waals surface area (Å²) in [7, 11) is 0. The average Bonchev–Trinajstić information content (AvgIpc) is 3.26. The summed E-state index contributed by atoms with van der Waals surface area (Å²) in [5.41, 5.74) is 2.67. The first-order valence-corrected chi connectivity index (χ1v) is 10.4.